The van der Waals surface area contributed by atoms with Gasteiger partial charge in [-0.05, 0) is 50.1 Å². The van der Waals surface area contributed by atoms with Crippen LogP contribution in [0.4, 0.5) is 15.8 Å². The number of sulfonamides is 1. The Labute approximate surface area is 164 Å². The third-order valence-electron chi connectivity index (χ3n) is 4.13. The summed E-state index contributed by atoms with van der Waals surface area (Å²) >= 11 is 5.80. The van der Waals surface area contributed by atoms with E-state index in [9.17, 15) is 17.6 Å². The number of hydrogen-bond acceptors (Lipinski definition) is 3. The zero-order valence-corrected chi connectivity index (χ0v) is 17.2. The van der Waals surface area contributed by atoms with Crippen molar-refractivity contribution < 1.29 is 17.6 Å². The molecule has 1 atom stereocenters. The maximum absolute atomic E-state index is 13.5. The Bertz CT molecular complexity index is 963. The molecule has 1 N–H and O–H groups in total. The second kappa shape index (κ2) is 8.27. The fraction of sp³-hybridized carbons (Fsp3) is 0.316. The minimum Gasteiger partial charge on any atom is -0.324 e. The van der Waals surface area contributed by atoms with Gasteiger partial charge in [-0.25, -0.2) is 12.8 Å². The number of benzene rings is 2. The molecule has 5 nitrogen and oxygen atoms in total. The van der Waals surface area contributed by atoms with Crippen LogP contribution in [-0.4, -0.2) is 26.6 Å². The standard InChI is InChI=1S/C19H22ClFN2O3S/c1-5-18(19(24)22-17-9-6-12(2)10-13(17)3)23(27(4,25)26)14-7-8-16(21)15(20)11-14/h6-11,18H,5H2,1-4H3,(H,22,24)/t18-/m0/s1. The number of carbonyl (C=O) groups excluding carboxylic acids is 1. The van der Waals surface area contributed by atoms with Gasteiger partial charge in [0.15, 0.2) is 0 Å². The Kier molecular flexibility index (Phi) is 6.49. The van der Waals surface area contributed by atoms with Crippen LogP contribution in [0.1, 0.15) is 24.5 Å². The van der Waals surface area contributed by atoms with Crippen LogP contribution in [-0.2, 0) is 14.8 Å². The van der Waals surface area contributed by atoms with Crippen LogP contribution in [0.5, 0.6) is 0 Å². The van der Waals surface area contributed by atoms with Crippen molar-refractivity contribution in [1.29, 1.82) is 0 Å². The molecule has 0 fully saturated rings. The molecule has 2 rings (SSSR count). The molecule has 146 valence electrons. The quantitative estimate of drug-likeness (QED) is 0.770. The Morgan fingerprint density at radius 3 is 2.41 bits per heavy atom. The number of carbonyl (C=O) groups is 1. The monoisotopic (exact) mass is 412 g/mol. The van der Waals surface area contributed by atoms with Gasteiger partial charge >= 0.3 is 0 Å². The number of nitrogens with zero attached hydrogens (tertiary/aromatic N) is 1. The van der Waals surface area contributed by atoms with Crippen molar-refractivity contribution in [2.24, 2.45) is 0 Å². The second-order valence-electron chi connectivity index (χ2n) is 6.39. The number of nitrogens with one attached hydrogen (secondary N) is 1. The van der Waals surface area contributed by atoms with Gasteiger partial charge in [0.1, 0.15) is 11.9 Å². The molecule has 0 bridgehead atoms. The highest BCUT2D eigenvalue weighted by Gasteiger charge is 2.32. The topological polar surface area (TPSA) is 66.5 Å². The number of hydrogen-bond donors (Lipinski definition) is 1. The zero-order valence-electron chi connectivity index (χ0n) is 15.6. The third kappa shape index (κ3) is 4.99. The molecule has 0 saturated carbocycles. The molecular weight excluding hydrogens is 391 g/mol. The summed E-state index contributed by atoms with van der Waals surface area (Å²) in [5.74, 6) is -1.14. The van der Waals surface area contributed by atoms with Crippen LogP contribution in [0.15, 0.2) is 36.4 Å². The minimum atomic E-state index is -3.82. The van der Waals surface area contributed by atoms with Crippen LogP contribution in [0.25, 0.3) is 0 Å². The SMILES string of the molecule is CC[C@@H](C(=O)Nc1ccc(C)cc1C)N(c1ccc(F)c(Cl)c1)S(C)(=O)=O. The molecule has 0 aromatic heterocycles. The van der Waals surface area contributed by atoms with Crippen molar-refractivity contribution in [3.8, 4) is 0 Å². The van der Waals surface area contributed by atoms with E-state index < -0.39 is 27.8 Å². The fourth-order valence-electron chi connectivity index (χ4n) is 2.85. The van der Waals surface area contributed by atoms with Crippen molar-refractivity contribution in [2.75, 3.05) is 15.9 Å². The van der Waals surface area contributed by atoms with E-state index in [1.54, 1.807) is 13.0 Å². The maximum Gasteiger partial charge on any atom is 0.248 e. The van der Waals surface area contributed by atoms with Gasteiger partial charge in [0, 0.05) is 5.69 Å². The number of anilines is 2. The first kappa shape index (κ1) is 21.2. The molecule has 0 aliphatic carbocycles. The molecule has 0 aliphatic heterocycles. The number of rotatable bonds is 6. The lowest BCUT2D eigenvalue weighted by Gasteiger charge is -2.30. The van der Waals surface area contributed by atoms with Crippen molar-refractivity contribution in [3.05, 3.63) is 58.4 Å². The van der Waals surface area contributed by atoms with E-state index in [2.05, 4.69) is 5.32 Å². The first-order valence-electron chi connectivity index (χ1n) is 8.37. The predicted octanol–water partition coefficient (Wildman–Crippen LogP) is 4.28. The fourth-order valence-corrected chi connectivity index (χ4v) is 4.23. The van der Waals surface area contributed by atoms with Gasteiger partial charge in [-0.15, -0.1) is 0 Å². The first-order chi connectivity index (χ1) is 12.5. The lowest BCUT2D eigenvalue weighted by molar-refractivity contribution is -0.117. The molecule has 0 heterocycles. The average molecular weight is 413 g/mol. The molecule has 0 aliphatic rings. The Balaban J connectivity index is 2.42. The molecule has 27 heavy (non-hydrogen) atoms. The van der Waals surface area contributed by atoms with Gasteiger partial charge in [-0.1, -0.05) is 36.2 Å². The lowest BCUT2D eigenvalue weighted by atomic mass is 10.1. The lowest BCUT2D eigenvalue weighted by Crippen LogP contribution is -2.47. The molecular formula is C19H22ClFN2O3S. The maximum atomic E-state index is 13.5. The Morgan fingerprint density at radius 1 is 1.22 bits per heavy atom. The minimum absolute atomic E-state index is 0.131. The van der Waals surface area contributed by atoms with Crippen LogP contribution in [0.2, 0.25) is 5.02 Å². The predicted molar refractivity (Wildman–Crippen MR) is 107 cm³/mol. The van der Waals surface area contributed by atoms with E-state index in [1.807, 2.05) is 26.0 Å². The van der Waals surface area contributed by atoms with Gasteiger partial charge in [-0.2, -0.15) is 0 Å². The van der Waals surface area contributed by atoms with Crippen LogP contribution in [0, 0.1) is 19.7 Å². The summed E-state index contributed by atoms with van der Waals surface area (Å²) in [5, 5.41) is 2.57. The van der Waals surface area contributed by atoms with Gasteiger partial charge in [0.2, 0.25) is 15.9 Å². The molecule has 0 saturated heterocycles. The van der Waals surface area contributed by atoms with Gasteiger partial charge in [0.25, 0.3) is 0 Å². The van der Waals surface area contributed by atoms with Crippen LogP contribution in [0.3, 0.4) is 0 Å². The molecule has 2 aromatic rings. The summed E-state index contributed by atoms with van der Waals surface area (Å²) in [6.07, 6.45) is 1.22. The van der Waals surface area contributed by atoms with Gasteiger partial charge in [-0.3, -0.25) is 9.10 Å². The van der Waals surface area contributed by atoms with Crippen molar-refractivity contribution in [1.82, 2.24) is 0 Å². The summed E-state index contributed by atoms with van der Waals surface area (Å²) in [7, 11) is -3.82. The van der Waals surface area contributed by atoms with Gasteiger partial charge in [0.05, 0.1) is 17.0 Å². The van der Waals surface area contributed by atoms with Crippen LogP contribution < -0.4 is 9.62 Å². The second-order valence-corrected chi connectivity index (χ2v) is 8.66. The van der Waals surface area contributed by atoms with E-state index in [0.717, 1.165) is 27.8 Å². The van der Waals surface area contributed by atoms with Crippen molar-refractivity contribution in [3.63, 3.8) is 0 Å². The van der Waals surface area contributed by atoms with E-state index >= 15 is 0 Å². The van der Waals surface area contributed by atoms with Crippen molar-refractivity contribution >= 4 is 38.9 Å². The summed E-state index contributed by atoms with van der Waals surface area (Å²) in [6.45, 7) is 5.50. The molecule has 1 amide bonds. The molecule has 0 unspecified atom stereocenters. The summed E-state index contributed by atoms with van der Waals surface area (Å²) in [4.78, 5) is 12.9. The average Bonchev–Trinajstić information content (AvgIpc) is 2.56. The smallest absolute Gasteiger partial charge is 0.248 e. The number of aryl methyl sites for hydroxylation is 2. The highest BCUT2D eigenvalue weighted by atomic mass is 35.5. The van der Waals surface area contributed by atoms with E-state index in [4.69, 9.17) is 11.6 Å². The molecule has 0 spiro atoms. The summed E-state index contributed by atoms with van der Waals surface area (Å²) in [5.41, 5.74) is 2.66. The number of halogens is 2. The molecule has 0 radical (unpaired) electrons. The first-order valence-corrected chi connectivity index (χ1v) is 10.6. The third-order valence-corrected chi connectivity index (χ3v) is 5.60. The van der Waals surface area contributed by atoms with Gasteiger partial charge < -0.3 is 5.32 Å². The zero-order chi connectivity index (χ0) is 20.4. The van der Waals surface area contributed by atoms with Crippen molar-refractivity contribution in [2.45, 2.75) is 33.2 Å². The number of amides is 1. The normalized spacial score (nSPS) is 12.5. The largest absolute Gasteiger partial charge is 0.324 e. The summed E-state index contributed by atoms with van der Waals surface area (Å²) in [6, 6.07) is 8.10. The van der Waals surface area contributed by atoms with Crippen LogP contribution >= 0.6 is 11.6 Å². The summed E-state index contributed by atoms with van der Waals surface area (Å²) < 4.78 is 39.3. The Morgan fingerprint density at radius 2 is 1.89 bits per heavy atom. The molecule has 8 heteroatoms. The van der Waals surface area contributed by atoms with E-state index in [0.29, 0.717) is 5.69 Å². The highest BCUT2D eigenvalue weighted by molar-refractivity contribution is 7.92. The van der Waals surface area contributed by atoms with E-state index in [-0.39, 0.29) is 17.1 Å². The Hall–Kier alpha value is -2.12. The van der Waals surface area contributed by atoms with E-state index in [1.165, 1.54) is 12.1 Å². The highest BCUT2D eigenvalue weighted by Crippen LogP contribution is 2.28. The molecule has 2 aromatic carbocycles.